The molecule has 0 bridgehead atoms. The zero-order valence-corrected chi connectivity index (χ0v) is 12.8. The number of benzene rings is 2. The van der Waals surface area contributed by atoms with Gasteiger partial charge in [0.1, 0.15) is 12.4 Å². The molecule has 0 aliphatic carbocycles. The summed E-state index contributed by atoms with van der Waals surface area (Å²) in [7, 11) is 1.26. The van der Waals surface area contributed by atoms with Gasteiger partial charge in [0.25, 0.3) is 0 Å². The third kappa shape index (κ3) is 3.95. The molecule has 0 saturated carbocycles. The van der Waals surface area contributed by atoms with E-state index >= 15 is 0 Å². The zero-order valence-electron chi connectivity index (χ0n) is 12.8. The lowest BCUT2D eigenvalue weighted by Gasteiger charge is -2.10. The molecule has 0 amide bonds. The van der Waals surface area contributed by atoms with Gasteiger partial charge in [0, 0.05) is 5.56 Å². The predicted molar refractivity (Wildman–Crippen MR) is 83.3 cm³/mol. The van der Waals surface area contributed by atoms with Crippen LogP contribution in [-0.4, -0.2) is 18.9 Å². The Hall–Kier alpha value is -3.13. The Bertz CT molecular complexity index is 773. The molecule has 0 atom stereocenters. The van der Waals surface area contributed by atoms with Gasteiger partial charge in [-0.2, -0.15) is 5.26 Å². The van der Waals surface area contributed by atoms with Gasteiger partial charge < -0.3 is 9.47 Å². The van der Waals surface area contributed by atoms with Crippen molar-refractivity contribution in [1.29, 1.82) is 5.26 Å². The van der Waals surface area contributed by atoms with Crippen LogP contribution < -0.4 is 4.74 Å². The number of nitrogens with zero attached hydrogens (tertiary/aromatic N) is 1. The van der Waals surface area contributed by atoms with E-state index in [0.29, 0.717) is 16.9 Å². The van der Waals surface area contributed by atoms with Gasteiger partial charge in [-0.1, -0.05) is 12.1 Å². The highest BCUT2D eigenvalue weighted by Crippen LogP contribution is 2.20. The van der Waals surface area contributed by atoms with Crippen molar-refractivity contribution in [2.24, 2.45) is 0 Å². The molecule has 5 nitrogen and oxygen atoms in total. The SMILES string of the molecule is COC(=O)c1cc(OCc2ccc(C#N)cc2)ccc1C(C)=O. The zero-order chi connectivity index (χ0) is 16.8. The fourth-order valence-electron chi connectivity index (χ4n) is 2.04. The summed E-state index contributed by atoms with van der Waals surface area (Å²) >= 11 is 0. The molecule has 2 rings (SSSR count). The van der Waals surface area contributed by atoms with E-state index in [0.717, 1.165) is 5.56 Å². The summed E-state index contributed by atoms with van der Waals surface area (Å²) in [4.78, 5) is 23.3. The predicted octanol–water partition coefficient (Wildman–Crippen LogP) is 3.13. The molecule has 0 aliphatic heterocycles. The molecule has 0 aliphatic rings. The second-order valence-corrected chi connectivity index (χ2v) is 4.85. The van der Waals surface area contributed by atoms with E-state index < -0.39 is 5.97 Å². The lowest BCUT2D eigenvalue weighted by molar-refractivity contribution is 0.0596. The molecular formula is C18H15NO4. The minimum Gasteiger partial charge on any atom is -0.489 e. The molecule has 0 heterocycles. The number of Topliss-reactive ketones (excluding diaryl/α,β-unsaturated/α-hetero) is 1. The van der Waals surface area contributed by atoms with E-state index in [4.69, 9.17) is 14.7 Å². The van der Waals surface area contributed by atoms with Crippen LogP contribution in [0.25, 0.3) is 0 Å². The molecule has 23 heavy (non-hydrogen) atoms. The van der Waals surface area contributed by atoms with Crippen molar-refractivity contribution >= 4 is 11.8 Å². The normalized spacial score (nSPS) is 9.78. The van der Waals surface area contributed by atoms with Crippen molar-refractivity contribution in [3.05, 3.63) is 64.7 Å². The molecule has 2 aromatic carbocycles. The molecule has 0 saturated heterocycles. The molecule has 0 radical (unpaired) electrons. The van der Waals surface area contributed by atoms with Crippen molar-refractivity contribution in [3.8, 4) is 11.8 Å². The molecule has 116 valence electrons. The number of rotatable bonds is 5. The summed E-state index contributed by atoms with van der Waals surface area (Å²) in [5.74, 6) is -0.345. The van der Waals surface area contributed by atoms with Crippen LogP contribution in [0.3, 0.4) is 0 Å². The summed E-state index contributed by atoms with van der Waals surface area (Å²) in [6.07, 6.45) is 0. The van der Waals surface area contributed by atoms with E-state index in [1.165, 1.54) is 20.1 Å². The maximum absolute atomic E-state index is 11.8. The fraction of sp³-hybridized carbons (Fsp3) is 0.167. The highest BCUT2D eigenvalue weighted by Gasteiger charge is 2.16. The molecule has 0 N–H and O–H groups in total. The molecule has 0 unspecified atom stereocenters. The molecule has 0 aromatic heterocycles. The third-order valence-corrected chi connectivity index (χ3v) is 3.26. The lowest BCUT2D eigenvalue weighted by Crippen LogP contribution is -2.09. The van der Waals surface area contributed by atoms with Crippen molar-refractivity contribution in [2.45, 2.75) is 13.5 Å². The number of ketones is 1. The van der Waals surface area contributed by atoms with Crippen molar-refractivity contribution in [3.63, 3.8) is 0 Å². The standard InChI is InChI=1S/C18H15NO4/c1-12(20)16-8-7-15(9-17(16)18(21)22-2)23-11-14-5-3-13(10-19)4-6-14/h3-9H,11H2,1-2H3. The highest BCUT2D eigenvalue weighted by molar-refractivity contribution is 6.05. The quantitative estimate of drug-likeness (QED) is 0.626. The largest absolute Gasteiger partial charge is 0.489 e. The van der Waals surface area contributed by atoms with Gasteiger partial charge in [-0.25, -0.2) is 4.79 Å². The number of carbonyl (C=O) groups is 2. The summed E-state index contributed by atoms with van der Waals surface area (Å²) in [5.41, 5.74) is 1.94. The van der Waals surface area contributed by atoms with Crippen LogP contribution in [0.2, 0.25) is 0 Å². The number of hydrogen-bond donors (Lipinski definition) is 0. The number of esters is 1. The van der Waals surface area contributed by atoms with E-state index in [-0.39, 0.29) is 18.0 Å². The van der Waals surface area contributed by atoms with Crippen LogP contribution in [0.1, 0.15) is 38.8 Å². The monoisotopic (exact) mass is 309 g/mol. The van der Waals surface area contributed by atoms with E-state index in [2.05, 4.69) is 0 Å². The second kappa shape index (κ2) is 7.23. The van der Waals surface area contributed by atoms with Gasteiger partial charge in [-0.05, 0) is 42.8 Å². The summed E-state index contributed by atoms with van der Waals surface area (Å²) in [6.45, 7) is 1.67. The Labute approximate surface area is 134 Å². The average Bonchev–Trinajstić information content (AvgIpc) is 2.59. The first-order chi connectivity index (χ1) is 11.0. The minimum absolute atomic E-state index is 0.178. The van der Waals surface area contributed by atoms with E-state index in [1.807, 2.05) is 6.07 Å². The van der Waals surface area contributed by atoms with Gasteiger partial charge in [-0.3, -0.25) is 4.79 Å². The van der Waals surface area contributed by atoms with Gasteiger partial charge in [0.2, 0.25) is 0 Å². The topological polar surface area (TPSA) is 76.4 Å². The van der Waals surface area contributed by atoms with Crippen LogP contribution in [0.15, 0.2) is 42.5 Å². The number of carbonyl (C=O) groups excluding carboxylic acids is 2. The Balaban J connectivity index is 2.18. The van der Waals surface area contributed by atoms with Crippen molar-refractivity contribution in [2.75, 3.05) is 7.11 Å². The van der Waals surface area contributed by atoms with Gasteiger partial charge in [0.15, 0.2) is 5.78 Å². The highest BCUT2D eigenvalue weighted by atomic mass is 16.5. The Morgan fingerprint density at radius 1 is 1.09 bits per heavy atom. The van der Waals surface area contributed by atoms with E-state index in [9.17, 15) is 9.59 Å². The first kappa shape index (κ1) is 16.2. The summed E-state index contributed by atoms with van der Waals surface area (Å²) < 4.78 is 10.3. The van der Waals surface area contributed by atoms with Crippen LogP contribution in [0.4, 0.5) is 0 Å². The third-order valence-electron chi connectivity index (χ3n) is 3.26. The Morgan fingerprint density at radius 3 is 2.35 bits per heavy atom. The van der Waals surface area contributed by atoms with Crippen LogP contribution in [0.5, 0.6) is 5.75 Å². The second-order valence-electron chi connectivity index (χ2n) is 4.85. The van der Waals surface area contributed by atoms with Gasteiger partial charge in [-0.15, -0.1) is 0 Å². The number of hydrogen-bond acceptors (Lipinski definition) is 5. The minimum atomic E-state index is -0.584. The van der Waals surface area contributed by atoms with Crippen LogP contribution >= 0.6 is 0 Å². The molecular weight excluding hydrogens is 294 g/mol. The Kier molecular flexibility index (Phi) is 5.11. The van der Waals surface area contributed by atoms with Crippen LogP contribution in [0, 0.1) is 11.3 Å². The number of ether oxygens (including phenoxy) is 2. The average molecular weight is 309 g/mol. The van der Waals surface area contributed by atoms with Crippen molar-refractivity contribution < 1.29 is 19.1 Å². The molecule has 0 fully saturated rings. The van der Waals surface area contributed by atoms with Gasteiger partial charge in [0.05, 0.1) is 24.3 Å². The maximum Gasteiger partial charge on any atom is 0.338 e. The Morgan fingerprint density at radius 2 is 1.78 bits per heavy atom. The maximum atomic E-state index is 11.8. The molecule has 2 aromatic rings. The first-order valence-corrected chi connectivity index (χ1v) is 6.90. The number of nitriles is 1. The van der Waals surface area contributed by atoms with Gasteiger partial charge >= 0.3 is 5.97 Å². The summed E-state index contributed by atoms with van der Waals surface area (Å²) in [5, 5.41) is 8.76. The van der Waals surface area contributed by atoms with Crippen molar-refractivity contribution in [1.82, 2.24) is 0 Å². The lowest BCUT2D eigenvalue weighted by atomic mass is 10.0. The first-order valence-electron chi connectivity index (χ1n) is 6.90. The van der Waals surface area contributed by atoms with Crippen LogP contribution in [-0.2, 0) is 11.3 Å². The molecule has 5 heteroatoms. The summed E-state index contributed by atoms with van der Waals surface area (Å²) in [6, 6.07) is 13.7. The fourth-order valence-corrected chi connectivity index (χ4v) is 2.04. The smallest absolute Gasteiger partial charge is 0.338 e. The van der Waals surface area contributed by atoms with E-state index in [1.54, 1.807) is 36.4 Å². The molecule has 0 spiro atoms. The number of methoxy groups -OCH3 is 1.